The van der Waals surface area contributed by atoms with Crippen molar-refractivity contribution in [1.29, 1.82) is 0 Å². The van der Waals surface area contributed by atoms with Crippen LogP contribution in [0.5, 0.6) is 0 Å². The lowest BCUT2D eigenvalue weighted by Gasteiger charge is -2.41. The maximum atomic E-state index is 12.8. The molecule has 374 valence electrons. The van der Waals surface area contributed by atoms with Gasteiger partial charge in [0.1, 0.15) is 42.7 Å². The molecule has 1 rings (SSSR count). The van der Waals surface area contributed by atoms with Gasteiger partial charge in [0, 0.05) is 13.0 Å². The number of rotatable bonds is 41. The Morgan fingerprint density at radius 3 is 1.38 bits per heavy atom. The maximum absolute atomic E-state index is 12.8. The highest BCUT2D eigenvalue weighted by Crippen LogP contribution is 2.47. The van der Waals surface area contributed by atoms with Gasteiger partial charge in [-0.05, 0) is 89.9 Å². The zero-order valence-electron chi connectivity index (χ0n) is 40.0. The second kappa shape index (κ2) is 41.7. The number of hydrogen-bond donors (Lipinski definition) is 6. The summed E-state index contributed by atoms with van der Waals surface area (Å²) in [5, 5.41) is 50.3. The molecule has 65 heavy (non-hydrogen) atoms. The van der Waals surface area contributed by atoms with Crippen LogP contribution in [0.15, 0.2) is 85.1 Å². The lowest BCUT2D eigenvalue weighted by atomic mass is 9.85. The fourth-order valence-corrected chi connectivity index (χ4v) is 8.03. The lowest BCUT2D eigenvalue weighted by molar-refractivity contribution is -0.220. The second-order valence-electron chi connectivity index (χ2n) is 16.9. The molecule has 1 fully saturated rings. The van der Waals surface area contributed by atoms with Gasteiger partial charge in [0.15, 0.2) is 0 Å². The van der Waals surface area contributed by atoms with E-state index in [1.165, 1.54) is 57.8 Å². The summed E-state index contributed by atoms with van der Waals surface area (Å²) in [6, 6.07) is 0. The van der Waals surface area contributed by atoms with Crippen LogP contribution in [0.4, 0.5) is 0 Å². The fraction of sp³-hybridized carbons (Fsp3) is 0.712. The van der Waals surface area contributed by atoms with Crippen molar-refractivity contribution in [1.82, 2.24) is 0 Å². The van der Waals surface area contributed by atoms with E-state index in [0.717, 1.165) is 89.9 Å². The molecule has 6 N–H and O–H groups in total. The summed E-state index contributed by atoms with van der Waals surface area (Å²) in [6.45, 7) is 4.08. The van der Waals surface area contributed by atoms with E-state index in [1.807, 2.05) is 0 Å². The van der Waals surface area contributed by atoms with Gasteiger partial charge >= 0.3 is 13.8 Å². The van der Waals surface area contributed by atoms with Gasteiger partial charge in [0.2, 0.25) is 0 Å². The van der Waals surface area contributed by atoms with Gasteiger partial charge in [0.25, 0.3) is 0 Å². The smallest absolute Gasteiger partial charge is 0.457 e. The molecule has 1 saturated carbocycles. The molecule has 0 spiro atoms. The van der Waals surface area contributed by atoms with Crippen LogP contribution in [0.2, 0.25) is 0 Å². The van der Waals surface area contributed by atoms with Crippen LogP contribution in [0.25, 0.3) is 0 Å². The Balaban J connectivity index is 2.40. The average molecular weight is 937 g/mol. The Morgan fingerprint density at radius 1 is 0.508 bits per heavy atom. The SMILES string of the molecule is CC/C=C\C/C=C\C/C=C\C/C=C\C/C=C\CCCCCC(=O)OC(COCCCCCCCCCC/C=C\C/C=C\CCCCCC)COP(=O)(O)OC1C(O)C(O)C(O)C(O)C1O. The van der Waals surface area contributed by atoms with Crippen LogP contribution in [0.1, 0.15) is 174 Å². The minimum Gasteiger partial charge on any atom is -0.457 e. The van der Waals surface area contributed by atoms with Gasteiger partial charge in [0.05, 0.1) is 13.2 Å². The third-order valence-electron chi connectivity index (χ3n) is 11.0. The highest BCUT2D eigenvalue weighted by Gasteiger charge is 2.51. The number of ether oxygens (including phenoxy) is 2. The summed E-state index contributed by atoms with van der Waals surface area (Å²) in [5.74, 6) is -0.513. The van der Waals surface area contributed by atoms with E-state index in [4.69, 9.17) is 18.5 Å². The van der Waals surface area contributed by atoms with Gasteiger partial charge in [-0.3, -0.25) is 13.8 Å². The monoisotopic (exact) mass is 937 g/mol. The van der Waals surface area contributed by atoms with Crippen molar-refractivity contribution in [2.45, 2.75) is 217 Å². The molecule has 0 aromatic carbocycles. The third-order valence-corrected chi connectivity index (χ3v) is 12.0. The molecule has 1 aliphatic rings. The van der Waals surface area contributed by atoms with Crippen molar-refractivity contribution in [3.63, 3.8) is 0 Å². The molecule has 0 aliphatic heterocycles. The number of hydrogen-bond acceptors (Lipinski definition) is 11. The van der Waals surface area contributed by atoms with Crippen LogP contribution in [-0.4, -0.2) is 98.9 Å². The molecular weight excluding hydrogens is 848 g/mol. The highest BCUT2D eigenvalue weighted by atomic mass is 31.2. The normalized spacial score (nSPS) is 22.3. The number of phosphoric ester groups is 1. The molecule has 0 heterocycles. The summed E-state index contributed by atoms with van der Waals surface area (Å²) in [6.07, 6.45) is 43.6. The molecule has 0 saturated heterocycles. The number of aliphatic hydroxyl groups excluding tert-OH is 5. The summed E-state index contributed by atoms with van der Waals surface area (Å²) < 4.78 is 34.2. The van der Waals surface area contributed by atoms with Gasteiger partial charge < -0.3 is 39.9 Å². The molecule has 0 aromatic heterocycles. The highest BCUT2D eigenvalue weighted by molar-refractivity contribution is 7.47. The zero-order chi connectivity index (χ0) is 47.6. The standard InChI is InChI=1S/C52H89O12P/c1-3-5-7-9-11-13-15-17-19-21-23-25-27-29-31-33-35-37-39-41-46(53)63-45(44-62-65(59,60)64-52-50(57)48(55)47(54)49(56)51(52)58)43-61-42-40-38-36-34-32-30-28-26-24-22-20-18-16-14-12-10-8-6-4-2/h5,7,11,13-14,16-17,19-20,22-23,25,29,31,45,47-52,54-58H,3-4,6,8-10,12,15,18,21,24,26-28,30,32-44H2,1-2H3,(H,59,60)/b7-5-,13-11-,16-14-,19-17-,22-20-,25-23-,31-29-. The van der Waals surface area contributed by atoms with Crippen molar-refractivity contribution >= 4 is 13.8 Å². The number of unbranched alkanes of at least 4 members (excludes halogenated alkanes) is 15. The molecule has 0 aromatic rings. The van der Waals surface area contributed by atoms with Gasteiger partial charge in [-0.1, -0.05) is 163 Å². The Bertz CT molecular complexity index is 1390. The van der Waals surface area contributed by atoms with Crippen molar-refractivity contribution < 1.29 is 58.3 Å². The third kappa shape index (κ3) is 33.6. The number of carbonyl (C=O) groups is 1. The predicted molar refractivity (Wildman–Crippen MR) is 262 cm³/mol. The van der Waals surface area contributed by atoms with E-state index >= 15 is 0 Å². The van der Waals surface area contributed by atoms with Crippen LogP contribution >= 0.6 is 7.82 Å². The molecule has 1 aliphatic carbocycles. The van der Waals surface area contributed by atoms with Gasteiger partial charge in [-0.15, -0.1) is 0 Å². The summed E-state index contributed by atoms with van der Waals surface area (Å²) in [7, 11) is -5.04. The van der Waals surface area contributed by atoms with Crippen LogP contribution in [0, 0.1) is 0 Å². The minimum absolute atomic E-state index is 0.0993. The second-order valence-corrected chi connectivity index (χ2v) is 18.3. The van der Waals surface area contributed by atoms with Crippen molar-refractivity contribution in [3.05, 3.63) is 85.1 Å². The van der Waals surface area contributed by atoms with E-state index in [1.54, 1.807) is 0 Å². The molecule has 12 nitrogen and oxygen atoms in total. The first kappa shape index (κ1) is 60.5. The van der Waals surface area contributed by atoms with E-state index in [-0.39, 0.29) is 13.0 Å². The molecule has 6 atom stereocenters. The van der Waals surface area contributed by atoms with Crippen molar-refractivity contribution in [3.8, 4) is 0 Å². The summed E-state index contributed by atoms with van der Waals surface area (Å²) in [4.78, 5) is 23.2. The molecule has 13 heteroatoms. The Morgan fingerprint density at radius 2 is 0.908 bits per heavy atom. The molecular formula is C52H89O12P. The molecule has 0 bridgehead atoms. The van der Waals surface area contributed by atoms with E-state index in [9.17, 15) is 39.8 Å². The topological polar surface area (TPSA) is 192 Å². The quantitative estimate of drug-likeness (QED) is 0.0147. The lowest BCUT2D eigenvalue weighted by Crippen LogP contribution is -2.64. The maximum Gasteiger partial charge on any atom is 0.472 e. The number of carbonyl (C=O) groups excluding carboxylic acids is 1. The van der Waals surface area contributed by atoms with Gasteiger partial charge in [-0.25, -0.2) is 4.57 Å². The van der Waals surface area contributed by atoms with Crippen LogP contribution in [0.3, 0.4) is 0 Å². The number of allylic oxidation sites excluding steroid dienone is 14. The first-order chi connectivity index (χ1) is 31.5. The first-order valence-electron chi connectivity index (χ1n) is 24.9. The van der Waals surface area contributed by atoms with Crippen molar-refractivity contribution in [2.75, 3.05) is 19.8 Å². The van der Waals surface area contributed by atoms with Gasteiger partial charge in [-0.2, -0.15) is 0 Å². The fourth-order valence-electron chi connectivity index (χ4n) is 7.06. The summed E-state index contributed by atoms with van der Waals surface area (Å²) in [5.41, 5.74) is 0. The summed E-state index contributed by atoms with van der Waals surface area (Å²) >= 11 is 0. The molecule has 0 radical (unpaired) electrons. The largest absolute Gasteiger partial charge is 0.472 e. The zero-order valence-corrected chi connectivity index (χ0v) is 40.9. The number of phosphoric acid groups is 1. The Kier molecular flexibility index (Phi) is 38.8. The Hall–Kier alpha value is -2.48. The average Bonchev–Trinajstić information content (AvgIpc) is 3.29. The molecule has 6 unspecified atom stereocenters. The van der Waals surface area contributed by atoms with Crippen LogP contribution < -0.4 is 0 Å². The first-order valence-corrected chi connectivity index (χ1v) is 26.4. The molecule has 0 amide bonds. The Labute approximate surface area is 392 Å². The number of aliphatic hydroxyl groups is 5. The minimum atomic E-state index is -5.04. The van der Waals surface area contributed by atoms with E-state index < -0.39 is 63.1 Å². The van der Waals surface area contributed by atoms with E-state index in [0.29, 0.717) is 13.0 Å². The predicted octanol–water partition coefficient (Wildman–Crippen LogP) is 10.9. The number of esters is 1. The van der Waals surface area contributed by atoms with Crippen LogP contribution in [-0.2, 0) is 27.9 Å². The van der Waals surface area contributed by atoms with E-state index in [2.05, 4.69) is 98.9 Å². The van der Waals surface area contributed by atoms with Crippen molar-refractivity contribution in [2.24, 2.45) is 0 Å².